The Labute approximate surface area is 108 Å². The monoisotopic (exact) mass is 287 g/mol. The average molecular weight is 287 g/mol. The van der Waals surface area contributed by atoms with Gasteiger partial charge in [0.1, 0.15) is 4.90 Å². The lowest BCUT2D eigenvalue weighted by Crippen LogP contribution is -2.29. The van der Waals surface area contributed by atoms with Gasteiger partial charge in [0.15, 0.2) is 5.17 Å². The SMILES string of the molecule is CSC1=NS(=O)(=O)c2cc([N+](=O)[O-])ccc2N1C. The molecule has 7 nitrogen and oxygen atoms in total. The van der Waals surface area contributed by atoms with Gasteiger partial charge in [-0.15, -0.1) is 4.40 Å². The van der Waals surface area contributed by atoms with Crippen molar-refractivity contribution in [2.75, 3.05) is 18.2 Å². The number of benzene rings is 1. The lowest BCUT2D eigenvalue weighted by molar-refractivity contribution is -0.385. The van der Waals surface area contributed by atoms with Gasteiger partial charge in [0.05, 0.1) is 10.6 Å². The second kappa shape index (κ2) is 4.25. The van der Waals surface area contributed by atoms with Gasteiger partial charge >= 0.3 is 0 Å². The van der Waals surface area contributed by atoms with Crippen LogP contribution in [0.5, 0.6) is 0 Å². The van der Waals surface area contributed by atoms with Crippen LogP contribution in [0.4, 0.5) is 11.4 Å². The Morgan fingerprint density at radius 3 is 2.67 bits per heavy atom. The molecular formula is C9H9N3O4S2. The summed E-state index contributed by atoms with van der Waals surface area (Å²) in [4.78, 5) is 11.5. The van der Waals surface area contributed by atoms with Crippen LogP contribution in [-0.4, -0.2) is 31.8 Å². The number of hydrogen-bond donors (Lipinski definition) is 0. The van der Waals surface area contributed by atoms with Crippen LogP contribution in [0.3, 0.4) is 0 Å². The normalized spacial score (nSPS) is 17.0. The number of non-ortho nitro benzene ring substituents is 1. The summed E-state index contributed by atoms with van der Waals surface area (Å²) in [7, 11) is -2.21. The molecule has 0 N–H and O–H groups in total. The number of thioether (sulfide) groups is 1. The zero-order valence-corrected chi connectivity index (χ0v) is 11.2. The first-order chi connectivity index (χ1) is 8.36. The maximum Gasteiger partial charge on any atom is 0.287 e. The lowest BCUT2D eigenvalue weighted by atomic mass is 10.2. The van der Waals surface area contributed by atoms with Gasteiger partial charge in [0, 0.05) is 19.2 Å². The Balaban J connectivity index is 2.70. The fourth-order valence-corrected chi connectivity index (χ4v) is 3.72. The number of fused-ring (bicyclic) bond motifs is 1. The Morgan fingerprint density at radius 2 is 2.11 bits per heavy atom. The van der Waals surface area contributed by atoms with Crippen molar-refractivity contribution in [1.29, 1.82) is 0 Å². The molecule has 1 aromatic rings. The summed E-state index contributed by atoms with van der Waals surface area (Å²) in [6, 6.07) is 3.71. The number of rotatable bonds is 1. The molecule has 0 atom stereocenters. The Kier molecular flexibility index (Phi) is 3.03. The van der Waals surface area contributed by atoms with Gasteiger partial charge in [-0.25, -0.2) is 0 Å². The third kappa shape index (κ3) is 1.95. The molecular weight excluding hydrogens is 278 g/mol. The van der Waals surface area contributed by atoms with Gasteiger partial charge in [0.25, 0.3) is 15.7 Å². The van der Waals surface area contributed by atoms with E-state index in [9.17, 15) is 18.5 Å². The van der Waals surface area contributed by atoms with Crippen molar-refractivity contribution < 1.29 is 13.3 Å². The minimum absolute atomic E-state index is 0.142. The first-order valence-electron chi connectivity index (χ1n) is 4.78. The van der Waals surface area contributed by atoms with Crippen LogP contribution in [-0.2, 0) is 10.0 Å². The van der Waals surface area contributed by atoms with Gasteiger partial charge in [0.2, 0.25) is 0 Å². The van der Waals surface area contributed by atoms with Crippen LogP contribution in [0.1, 0.15) is 0 Å². The summed E-state index contributed by atoms with van der Waals surface area (Å²) in [5, 5.41) is 11.0. The summed E-state index contributed by atoms with van der Waals surface area (Å²) in [5.41, 5.74) is 0.119. The number of nitro groups is 1. The number of sulfonamides is 1. The molecule has 0 spiro atoms. The second-order valence-corrected chi connectivity index (χ2v) is 5.87. The highest BCUT2D eigenvalue weighted by molar-refractivity contribution is 8.14. The van der Waals surface area contributed by atoms with Crippen LogP contribution < -0.4 is 4.90 Å². The molecule has 9 heteroatoms. The smallest absolute Gasteiger partial charge is 0.287 e. The fraction of sp³-hybridized carbons (Fsp3) is 0.222. The number of nitro benzene ring substituents is 1. The molecule has 0 aliphatic carbocycles. The molecule has 2 rings (SSSR count). The molecule has 96 valence electrons. The van der Waals surface area contributed by atoms with Crippen molar-refractivity contribution in [3.05, 3.63) is 28.3 Å². The van der Waals surface area contributed by atoms with Crippen LogP contribution in [0.25, 0.3) is 0 Å². The van der Waals surface area contributed by atoms with Crippen molar-refractivity contribution in [1.82, 2.24) is 0 Å². The molecule has 0 aromatic heterocycles. The van der Waals surface area contributed by atoms with E-state index in [1.807, 2.05) is 0 Å². The van der Waals surface area contributed by atoms with E-state index >= 15 is 0 Å². The van der Waals surface area contributed by atoms with Gasteiger partial charge in [-0.3, -0.25) is 10.1 Å². The van der Waals surface area contributed by atoms with Crippen molar-refractivity contribution in [3.63, 3.8) is 0 Å². The zero-order chi connectivity index (χ0) is 13.5. The maximum atomic E-state index is 11.9. The second-order valence-electron chi connectivity index (χ2n) is 3.52. The highest BCUT2D eigenvalue weighted by atomic mass is 32.2. The van der Waals surface area contributed by atoms with Gasteiger partial charge in [-0.05, 0) is 12.3 Å². The summed E-state index contributed by atoms with van der Waals surface area (Å²) in [5.74, 6) is 0. The van der Waals surface area contributed by atoms with E-state index in [1.54, 1.807) is 18.2 Å². The number of anilines is 1. The van der Waals surface area contributed by atoms with E-state index in [4.69, 9.17) is 0 Å². The van der Waals surface area contributed by atoms with Crippen molar-refractivity contribution in [2.45, 2.75) is 4.90 Å². The molecule has 0 unspecified atom stereocenters. The predicted molar refractivity (Wildman–Crippen MR) is 69.6 cm³/mol. The van der Waals surface area contributed by atoms with E-state index in [0.717, 1.165) is 6.07 Å². The van der Waals surface area contributed by atoms with Crippen LogP contribution in [0.15, 0.2) is 27.5 Å². The van der Waals surface area contributed by atoms with E-state index in [-0.39, 0.29) is 10.6 Å². The third-order valence-electron chi connectivity index (χ3n) is 2.46. The van der Waals surface area contributed by atoms with Crippen molar-refractivity contribution >= 4 is 38.3 Å². The number of nitrogens with zero attached hydrogens (tertiary/aromatic N) is 3. The molecule has 1 aromatic carbocycles. The molecule has 1 aliphatic rings. The fourth-order valence-electron chi connectivity index (χ4n) is 1.59. The summed E-state index contributed by atoms with van der Waals surface area (Å²) >= 11 is 1.19. The van der Waals surface area contributed by atoms with E-state index in [0.29, 0.717) is 10.9 Å². The summed E-state index contributed by atoms with van der Waals surface area (Å²) in [6.45, 7) is 0. The Morgan fingerprint density at radius 1 is 1.44 bits per heavy atom. The highest BCUT2D eigenvalue weighted by Gasteiger charge is 2.30. The topological polar surface area (TPSA) is 92.9 Å². The van der Waals surface area contributed by atoms with Crippen molar-refractivity contribution in [2.24, 2.45) is 4.40 Å². The first-order valence-corrected chi connectivity index (χ1v) is 7.44. The van der Waals surface area contributed by atoms with Crippen LogP contribution in [0, 0.1) is 10.1 Å². The molecule has 1 aliphatic heterocycles. The largest absolute Gasteiger partial charge is 0.322 e. The molecule has 0 bridgehead atoms. The molecule has 0 fully saturated rings. The molecule has 0 saturated carbocycles. The molecule has 1 heterocycles. The van der Waals surface area contributed by atoms with Crippen LogP contribution >= 0.6 is 11.8 Å². The molecule has 0 radical (unpaired) electrons. The van der Waals surface area contributed by atoms with Gasteiger partial charge < -0.3 is 4.90 Å². The number of hydrogen-bond acceptors (Lipinski definition) is 6. The molecule has 18 heavy (non-hydrogen) atoms. The van der Waals surface area contributed by atoms with E-state index in [2.05, 4.69) is 4.40 Å². The molecule has 0 saturated heterocycles. The minimum atomic E-state index is -3.87. The average Bonchev–Trinajstić information content (AvgIpc) is 2.33. The van der Waals surface area contributed by atoms with E-state index in [1.165, 1.54) is 23.9 Å². The third-order valence-corrected chi connectivity index (χ3v) is 4.60. The Hall–Kier alpha value is -1.61. The summed E-state index contributed by atoms with van der Waals surface area (Å²) < 4.78 is 27.4. The predicted octanol–water partition coefficient (Wildman–Crippen LogP) is 1.45. The maximum absolute atomic E-state index is 11.9. The van der Waals surface area contributed by atoms with E-state index < -0.39 is 14.9 Å². The van der Waals surface area contributed by atoms with Gasteiger partial charge in [-0.1, -0.05) is 11.8 Å². The standard InChI is InChI=1S/C9H9N3O4S2/c1-11-7-4-3-6(12(13)14)5-8(7)18(15,16)10-9(11)17-2/h3-5H,1-2H3. The lowest BCUT2D eigenvalue weighted by Gasteiger charge is -2.25. The number of amidine groups is 1. The Bertz CT molecular complexity index is 654. The summed E-state index contributed by atoms with van der Waals surface area (Å²) in [6.07, 6.45) is 1.71. The van der Waals surface area contributed by atoms with Gasteiger partial charge in [-0.2, -0.15) is 8.42 Å². The minimum Gasteiger partial charge on any atom is -0.322 e. The van der Waals surface area contributed by atoms with Crippen LogP contribution in [0.2, 0.25) is 0 Å². The van der Waals surface area contributed by atoms with Crippen molar-refractivity contribution in [3.8, 4) is 0 Å². The zero-order valence-electron chi connectivity index (χ0n) is 9.52. The highest BCUT2D eigenvalue weighted by Crippen LogP contribution is 2.35. The molecule has 0 amide bonds. The first kappa shape index (κ1) is 12.8. The quantitative estimate of drug-likeness (QED) is 0.573.